The van der Waals surface area contributed by atoms with Gasteiger partial charge in [0.1, 0.15) is 17.9 Å². The van der Waals surface area contributed by atoms with E-state index in [0.29, 0.717) is 27.7 Å². The summed E-state index contributed by atoms with van der Waals surface area (Å²) in [5.41, 5.74) is 3.29. The van der Waals surface area contributed by atoms with Crippen molar-refractivity contribution in [1.29, 1.82) is 5.26 Å². The molecule has 0 unspecified atom stereocenters. The highest BCUT2D eigenvalue weighted by atomic mass is 35.5. The van der Waals surface area contributed by atoms with Gasteiger partial charge in [0.05, 0.1) is 23.8 Å². The number of carbonyl (C=O) groups excluding carboxylic acids is 2. The van der Waals surface area contributed by atoms with E-state index in [9.17, 15) is 9.59 Å². The zero-order valence-corrected chi connectivity index (χ0v) is 16.3. The first-order valence-corrected chi connectivity index (χ1v) is 9.20. The fourth-order valence-electron chi connectivity index (χ4n) is 2.77. The second-order valence-corrected chi connectivity index (χ2v) is 6.48. The Hall–Kier alpha value is -3.63. The van der Waals surface area contributed by atoms with Gasteiger partial charge in [0.2, 0.25) is 5.91 Å². The zero-order valence-electron chi connectivity index (χ0n) is 15.5. The Morgan fingerprint density at radius 2 is 1.79 bits per heavy atom. The summed E-state index contributed by atoms with van der Waals surface area (Å²) in [6.07, 6.45) is -0.404. The number of esters is 1. The fourth-order valence-corrected chi connectivity index (χ4v) is 2.89. The number of amides is 1. The van der Waals surface area contributed by atoms with E-state index in [1.165, 1.54) is 0 Å². The highest BCUT2D eigenvalue weighted by molar-refractivity contribution is 6.30. The molecule has 0 aliphatic rings. The lowest BCUT2D eigenvalue weighted by Gasteiger charge is -2.08. The molecule has 0 fully saturated rings. The summed E-state index contributed by atoms with van der Waals surface area (Å²) < 4.78 is 4.81. The number of ether oxygens (including phenoxy) is 1. The molecule has 2 N–H and O–H groups in total. The minimum absolute atomic E-state index is 0.203. The van der Waals surface area contributed by atoms with E-state index in [1.54, 1.807) is 55.5 Å². The lowest BCUT2D eigenvalue weighted by molar-refractivity contribution is -0.145. The summed E-state index contributed by atoms with van der Waals surface area (Å²) in [6, 6.07) is 16.1. The van der Waals surface area contributed by atoms with E-state index in [4.69, 9.17) is 21.6 Å². The number of nitrogens with one attached hydrogen (secondary N) is 2. The third-order valence-electron chi connectivity index (χ3n) is 4.06. The first kappa shape index (κ1) is 20.1. The molecule has 0 aliphatic carbocycles. The number of aromatic amines is 1. The maximum Gasteiger partial charge on any atom is 0.315 e. The quantitative estimate of drug-likeness (QED) is 0.470. The maximum atomic E-state index is 12.2. The minimum atomic E-state index is -0.607. The number of carbonyl (C=O) groups is 2. The molecule has 1 heterocycles. The van der Waals surface area contributed by atoms with Crippen molar-refractivity contribution in [2.45, 2.75) is 13.3 Å². The second-order valence-electron chi connectivity index (χ2n) is 6.05. The van der Waals surface area contributed by atoms with Gasteiger partial charge in [-0.2, -0.15) is 10.4 Å². The number of H-pyrrole nitrogens is 1. The lowest BCUT2D eigenvalue weighted by atomic mass is 10.00. The first-order chi connectivity index (χ1) is 14.0. The van der Waals surface area contributed by atoms with Crippen LogP contribution < -0.4 is 5.32 Å². The predicted octanol–water partition coefficient (Wildman–Crippen LogP) is 4.16. The zero-order chi connectivity index (χ0) is 20.8. The topological polar surface area (TPSA) is 108 Å². The van der Waals surface area contributed by atoms with Gasteiger partial charge < -0.3 is 10.1 Å². The van der Waals surface area contributed by atoms with Gasteiger partial charge in [-0.1, -0.05) is 35.9 Å². The van der Waals surface area contributed by atoms with Gasteiger partial charge in [0, 0.05) is 10.6 Å². The number of aromatic nitrogens is 2. The average molecular weight is 409 g/mol. The maximum absolute atomic E-state index is 12.2. The van der Waals surface area contributed by atoms with Gasteiger partial charge in [-0.15, -0.1) is 0 Å². The number of benzene rings is 2. The van der Waals surface area contributed by atoms with Crippen LogP contribution >= 0.6 is 11.6 Å². The Balaban J connectivity index is 1.99. The molecule has 0 aliphatic heterocycles. The number of nitrogens with zero attached hydrogens (tertiary/aromatic N) is 2. The Labute approximate surface area is 172 Å². The third-order valence-corrected chi connectivity index (χ3v) is 4.31. The summed E-state index contributed by atoms with van der Waals surface area (Å²) in [4.78, 5) is 23.8. The highest BCUT2D eigenvalue weighted by Gasteiger charge is 2.20. The van der Waals surface area contributed by atoms with Crippen molar-refractivity contribution in [2.24, 2.45) is 0 Å². The van der Waals surface area contributed by atoms with E-state index >= 15 is 0 Å². The monoisotopic (exact) mass is 408 g/mol. The van der Waals surface area contributed by atoms with Gasteiger partial charge in [-0.25, -0.2) is 0 Å². The number of hydrogen-bond donors (Lipinski definition) is 2. The smallest absolute Gasteiger partial charge is 0.315 e. The molecule has 3 rings (SSSR count). The summed E-state index contributed by atoms with van der Waals surface area (Å²) in [6.45, 7) is 1.88. The largest absolute Gasteiger partial charge is 0.466 e. The molecule has 146 valence electrons. The number of anilines is 1. The SMILES string of the molecule is CCOC(=O)CC(=O)Nc1[nH]nc(-c2ccc(C#N)cc2)c1-c1ccc(Cl)cc1. The molecule has 0 saturated heterocycles. The van der Waals surface area contributed by atoms with Crippen LogP contribution in [0.3, 0.4) is 0 Å². The van der Waals surface area contributed by atoms with Crippen molar-refractivity contribution in [1.82, 2.24) is 10.2 Å². The van der Waals surface area contributed by atoms with Gasteiger partial charge in [-0.05, 0) is 36.8 Å². The Morgan fingerprint density at radius 3 is 2.41 bits per heavy atom. The van der Waals surface area contributed by atoms with Crippen molar-refractivity contribution in [3.8, 4) is 28.5 Å². The summed E-state index contributed by atoms with van der Waals surface area (Å²) in [5, 5.41) is 19.4. The third kappa shape index (κ3) is 4.81. The fraction of sp³-hybridized carbons (Fsp3) is 0.143. The number of hydrogen-bond acceptors (Lipinski definition) is 5. The van der Waals surface area contributed by atoms with Crippen LogP contribution in [0.25, 0.3) is 22.4 Å². The molecule has 7 nitrogen and oxygen atoms in total. The molecule has 3 aromatic rings. The lowest BCUT2D eigenvalue weighted by Crippen LogP contribution is -2.18. The van der Waals surface area contributed by atoms with Crippen molar-refractivity contribution in [3.63, 3.8) is 0 Å². The van der Waals surface area contributed by atoms with E-state index in [-0.39, 0.29) is 6.61 Å². The summed E-state index contributed by atoms with van der Waals surface area (Å²) >= 11 is 6.00. The van der Waals surface area contributed by atoms with Crippen LogP contribution in [-0.4, -0.2) is 28.7 Å². The van der Waals surface area contributed by atoms with E-state index < -0.39 is 18.3 Å². The Bertz CT molecular complexity index is 1070. The standard InChI is InChI=1S/C21H17ClN4O3/c1-2-29-18(28)11-17(27)24-21-19(14-7-9-16(22)10-8-14)20(25-26-21)15-5-3-13(12-23)4-6-15/h3-10H,2,11H2,1H3,(H2,24,25,26,27). The van der Waals surface area contributed by atoms with Crippen LogP contribution in [-0.2, 0) is 14.3 Å². The van der Waals surface area contributed by atoms with E-state index in [0.717, 1.165) is 11.1 Å². The normalized spacial score (nSPS) is 10.2. The minimum Gasteiger partial charge on any atom is -0.466 e. The second kappa shape index (κ2) is 9.04. The van der Waals surface area contributed by atoms with Crippen molar-refractivity contribution < 1.29 is 14.3 Å². The number of halogens is 1. The molecule has 0 saturated carbocycles. The molecule has 2 aromatic carbocycles. The molecule has 29 heavy (non-hydrogen) atoms. The van der Waals surface area contributed by atoms with Crippen LogP contribution in [0.5, 0.6) is 0 Å². The summed E-state index contributed by atoms with van der Waals surface area (Å²) in [7, 11) is 0. The van der Waals surface area contributed by atoms with Crippen LogP contribution in [0, 0.1) is 11.3 Å². The summed E-state index contributed by atoms with van der Waals surface area (Å²) in [5.74, 6) is -0.778. The first-order valence-electron chi connectivity index (χ1n) is 8.82. The van der Waals surface area contributed by atoms with Crippen molar-refractivity contribution in [2.75, 3.05) is 11.9 Å². The predicted molar refractivity (Wildman–Crippen MR) is 109 cm³/mol. The molecule has 0 spiro atoms. The molecule has 1 aromatic heterocycles. The van der Waals surface area contributed by atoms with Crippen LogP contribution in [0.2, 0.25) is 5.02 Å². The Kier molecular flexibility index (Phi) is 6.27. The van der Waals surface area contributed by atoms with E-state index in [2.05, 4.69) is 21.6 Å². The van der Waals surface area contributed by atoms with Gasteiger partial charge in [0.15, 0.2) is 0 Å². The number of rotatable bonds is 6. The van der Waals surface area contributed by atoms with Gasteiger partial charge in [-0.3, -0.25) is 14.7 Å². The molecular formula is C21H17ClN4O3. The molecule has 0 bridgehead atoms. The molecule has 1 amide bonds. The number of nitriles is 1. The molecular weight excluding hydrogens is 392 g/mol. The molecule has 8 heteroatoms. The van der Waals surface area contributed by atoms with E-state index in [1.807, 2.05) is 0 Å². The van der Waals surface area contributed by atoms with Crippen LogP contribution in [0.15, 0.2) is 48.5 Å². The van der Waals surface area contributed by atoms with Gasteiger partial charge in [0.25, 0.3) is 0 Å². The van der Waals surface area contributed by atoms with Crippen LogP contribution in [0.1, 0.15) is 18.9 Å². The average Bonchev–Trinajstić information content (AvgIpc) is 3.12. The van der Waals surface area contributed by atoms with Gasteiger partial charge >= 0.3 is 5.97 Å². The highest BCUT2D eigenvalue weighted by Crippen LogP contribution is 2.36. The van der Waals surface area contributed by atoms with Crippen molar-refractivity contribution in [3.05, 3.63) is 59.1 Å². The molecule has 0 radical (unpaired) electrons. The van der Waals surface area contributed by atoms with Crippen molar-refractivity contribution >= 4 is 29.3 Å². The molecule has 0 atom stereocenters. The van der Waals surface area contributed by atoms with Crippen LogP contribution in [0.4, 0.5) is 5.82 Å². The Morgan fingerprint density at radius 1 is 1.14 bits per heavy atom.